The van der Waals surface area contributed by atoms with Gasteiger partial charge in [0.1, 0.15) is 22.8 Å². The molecular weight excluding hydrogens is 484 g/mol. The molecule has 0 unspecified atom stereocenters. The fraction of sp³-hybridized carbons (Fsp3) is 0.161. The molecule has 0 aliphatic carbocycles. The summed E-state index contributed by atoms with van der Waals surface area (Å²) in [6.45, 7) is 1.29. The molecule has 0 bridgehead atoms. The summed E-state index contributed by atoms with van der Waals surface area (Å²) in [5.74, 6) is 0.829. The molecule has 7 heteroatoms. The molecule has 0 radical (unpaired) electrons. The molecule has 0 saturated carbocycles. The Morgan fingerprint density at radius 1 is 0.763 bits per heavy atom. The highest BCUT2D eigenvalue weighted by Gasteiger charge is 2.40. The molecule has 0 atom stereocenters. The van der Waals surface area contributed by atoms with Gasteiger partial charge < -0.3 is 23.7 Å². The van der Waals surface area contributed by atoms with Crippen molar-refractivity contribution in [3.05, 3.63) is 101 Å². The third-order valence-corrected chi connectivity index (χ3v) is 6.58. The van der Waals surface area contributed by atoms with Crippen LogP contribution in [0.15, 0.2) is 78.9 Å². The number of ether oxygens (including phenoxy) is 5. The van der Waals surface area contributed by atoms with Gasteiger partial charge in [0.2, 0.25) is 0 Å². The molecule has 0 fully saturated rings. The van der Waals surface area contributed by atoms with Crippen LogP contribution >= 0.6 is 0 Å². The molecule has 1 aliphatic rings. The SMILES string of the molecule is COC(=O)c1c2c(c3ccccc3c1OC(C)=O)OC(c1ccc(OC)cc1)(c1ccc(OC)cc1)C=C2. The fourth-order valence-corrected chi connectivity index (χ4v) is 4.77. The second-order valence-corrected chi connectivity index (χ2v) is 8.71. The van der Waals surface area contributed by atoms with E-state index in [1.165, 1.54) is 14.0 Å². The minimum atomic E-state index is -1.05. The van der Waals surface area contributed by atoms with Crippen LogP contribution in [0.25, 0.3) is 16.8 Å². The van der Waals surface area contributed by atoms with E-state index in [1.807, 2.05) is 78.9 Å². The van der Waals surface area contributed by atoms with Gasteiger partial charge in [-0.1, -0.05) is 48.5 Å². The molecule has 7 nitrogen and oxygen atoms in total. The van der Waals surface area contributed by atoms with Crippen LogP contribution in [0.4, 0.5) is 0 Å². The number of carbonyl (C=O) groups excluding carboxylic acids is 2. The van der Waals surface area contributed by atoms with Crippen molar-refractivity contribution in [2.45, 2.75) is 12.5 Å². The second kappa shape index (κ2) is 9.94. The summed E-state index contributed by atoms with van der Waals surface area (Å²) in [7, 11) is 4.51. The predicted octanol–water partition coefficient (Wildman–Crippen LogP) is 5.92. The number of methoxy groups -OCH3 is 3. The Kier molecular flexibility index (Phi) is 6.51. The molecule has 0 aromatic heterocycles. The summed E-state index contributed by atoms with van der Waals surface area (Å²) < 4.78 is 28.3. The topological polar surface area (TPSA) is 80.3 Å². The number of benzene rings is 4. The van der Waals surface area contributed by atoms with E-state index in [1.54, 1.807) is 20.3 Å². The first kappa shape index (κ1) is 24.9. The van der Waals surface area contributed by atoms with Gasteiger partial charge in [-0.25, -0.2) is 4.79 Å². The highest BCUT2D eigenvalue weighted by molar-refractivity contribution is 6.09. The van der Waals surface area contributed by atoms with E-state index in [4.69, 9.17) is 23.7 Å². The van der Waals surface area contributed by atoms with E-state index in [0.717, 1.165) is 11.1 Å². The molecule has 4 aromatic rings. The summed E-state index contributed by atoms with van der Waals surface area (Å²) in [6.07, 6.45) is 3.71. The Balaban J connectivity index is 1.81. The Morgan fingerprint density at radius 3 is 1.82 bits per heavy atom. The molecule has 38 heavy (non-hydrogen) atoms. The van der Waals surface area contributed by atoms with Crippen LogP contribution in [0.5, 0.6) is 23.0 Å². The minimum absolute atomic E-state index is 0.116. The van der Waals surface area contributed by atoms with Crippen molar-refractivity contribution < 1.29 is 33.3 Å². The zero-order valence-electron chi connectivity index (χ0n) is 21.4. The van der Waals surface area contributed by atoms with E-state index >= 15 is 0 Å². The second-order valence-electron chi connectivity index (χ2n) is 8.71. The molecule has 0 spiro atoms. The van der Waals surface area contributed by atoms with Crippen LogP contribution in [0.3, 0.4) is 0 Å². The van der Waals surface area contributed by atoms with Crippen LogP contribution in [0.1, 0.15) is 34.0 Å². The zero-order chi connectivity index (χ0) is 26.9. The number of hydrogen-bond donors (Lipinski definition) is 0. The van der Waals surface area contributed by atoms with Gasteiger partial charge in [0, 0.05) is 34.4 Å². The molecule has 192 valence electrons. The lowest BCUT2D eigenvalue weighted by molar-refractivity contribution is -0.131. The third kappa shape index (κ3) is 4.12. The van der Waals surface area contributed by atoms with Gasteiger partial charge in [0.15, 0.2) is 11.4 Å². The normalized spacial score (nSPS) is 13.3. The molecule has 0 N–H and O–H groups in total. The first-order valence-corrected chi connectivity index (χ1v) is 11.9. The maximum atomic E-state index is 13.0. The van der Waals surface area contributed by atoms with Crippen molar-refractivity contribution in [1.29, 1.82) is 0 Å². The van der Waals surface area contributed by atoms with Crippen molar-refractivity contribution in [3.63, 3.8) is 0 Å². The van der Waals surface area contributed by atoms with Crippen molar-refractivity contribution in [3.8, 4) is 23.0 Å². The summed E-state index contributed by atoms with van der Waals surface area (Å²) in [5, 5.41) is 1.23. The van der Waals surface area contributed by atoms with E-state index < -0.39 is 17.5 Å². The monoisotopic (exact) mass is 510 g/mol. The predicted molar refractivity (Wildman–Crippen MR) is 143 cm³/mol. The molecule has 0 saturated heterocycles. The van der Waals surface area contributed by atoms with Gasteiger partial charge in [0.25, 0.3) is 0 Å². The summed E-state index contributed by atoms with van der Waals surface area (Å²) in [4.78, 5) is 25.1. The lowest BCUT2D eigenvalue weighted by Gasteiger charge is -2.37. The van der Waals surface area contributed by atoms with Crippen LogP contribution in [0.2, 0.25) is 0 Å². The molecule has 0 amide bonds. The van der Waals surface area contributed by atoms with Crippen LogP contribution in [-0.4, -0.2) is 33.3 Å². The molecular formula is C31H26O7. The minimum Gasteiger partial charge on any atom is -0.497 e. The molecule has 1 heterocycles. The maximum absolute atomic E-state index is 13.0. The number of hydrogen-bond acceptors (Lipinski definition) is 7. The third-order valence-electron chi connectivity index (χ3n) is 6.58. The highest BCUT2D eigenvalue weighted by Crippen LogP contribution is 2.49. The summed E-state index contributed by atoms with van der Waals surface area (Å²) >= 11 is 0. The largest absolute Gasteiger partial charge is 0.497 e. The number of fused-ring (bicyclic) bond motifs is 3. The maximum Gasteiger partial charge on any atom is 0.342 e. The van der Waals surface area contributed by atoms with Crippen LogP contribution in [0, 0.1) is 0 Å². The van der Waals surface area contributed by atoms with E-state index in [2.05, 4.69) is 0 Å². The first-order valence-electron chi connectivity index (χ1n) is 11.9. The number of esters is 2. The van der Waals surface area contributed by atoms with E-state index in [0.29, 0.717) is 33.6 Å². The van der Waals surface area contributed by atoms with E-state index in [9.17, 15) is 9.59 Å². The van der Waals surface area contributed by atoms with Gasteiger partial charge in [-0.3, -0.25) is 4.79 Å². The van der Waals surface area contributed by atoms with Gasteiger partial charge >= 0.3 is 11.9 Å². The highest BCUT2D eigenvalue weighted by atomic mass is 16.5. The first-order chi connectivity index (χ1) is 18.4. The van der Waals surface area contributed by atoms with Crippen molar-refractivity contribution >= 4 is 28.8 Å². The average Bonchev–Trinajstić information content (AvgIpc) is 2.96. The Hall–Kier alpha value is -4.78. The lowest BCUT2D eigenvalue weighted by Crippen LogP contribution is -2.34. The lowest BCUT2D eigenvalue weighted by atomic mass is 9.82. The Morgan fingerprint density at radius 2 is 1.32 bits per heavy atom. The quantitative estimate of drug-likeness (QED) is 0.235. The average molecular weight is 511 g/mol. The van der Waals surface area contributed by atoms with Crippen molar-refractivity contribution in [2.24, 2.45) is 0 Å². The Bertz CT molecular complexity index is 1500. The van der Waals surface area contributed by atoms with Crippen molar-refractivity contribution in [2.75, 3.05) is 21.3 Å². The zero-order valence-corrected chi connectivity index (χ0v) is 21.4. The van der Waals surface area contributed by atoms with Gasteiger partial charge in [0.05, 0.1) is 21.3 Å². The fourth-order valence-electron chi connectivity index (χ4n) is 4.77. The van der Waals surface area contributed by atoms with Crippen LogP contribution in [-0.2, 0) is 15.1 Å². The van der Waals surface area contributed by atoms with Gasteiger partial charge in [-0.05, 0) is 36.4 Å². The molecule has 1 aliphatic heterocycles. The molecule has 5 rings (SSSR count). The molecule has 4 aromatic carbocycles. The summed E-state index contributed by atoms with van der Waals surface area (Å²) in [6, 6.07) is 22.6. The van der Waals surface area contributed by atoms with Gasteiger partial charge in [-0.2, -0.15) is 0 Å². The van der Waals surface area contributed by atoms with Gasteiger partial charge in [-0.15, -0.1) is 0 Å². The number of carbonyl (C=O) groups is 2. The Labute approximate surface area is 220 Å². The summed E-state index contributed by atoms with van der Waals surface area (Å²) in [5.41, 5.74) is 1.22. The standard InChI is InChI=1S/C31H26O7/c1-19(32)37-29-25-8-6-5-7-24(25)28-26(27(29)30(33)36-4)17-18-31(38-28,20-9-13-22(34-2)14-10-20)21-11-15-23(35-3)16-12-21/h5-18H,1-4H3. The van der Waals surface area contributed by atoms with E-state index in [-0.39, 0.29) is 11.3 Å². The van der Waals surface area contributed by atoms with Crippen LogP contribution < -0.4 is 18.9 Å². The number of rotatable bonds is 6. The van der Waals surface area contributed by atoms with Crippen molar-refractivity contribution in [1.82, 2.24) is 0 Å². The smallest absolute Gasteiger partial charge is 0.342 e.